The summed E-state index contributed by atoms with van der Waals surface area (Å²) in [5.41, 5.74) is 0. The fourth-order valence-electron chi connectivity index (χ4n) is 1.43. The number of carbonyl (C=O) groups excluding carboxylic acids is 1. The van der Waals surface area contributed by atoms with Crippen LogP contribution >= 0.6 is 15.9 Å². The highest BCUT2D eigenvalue weighted by Crippen LogP contribution is 2.21. The molecule has 0 heterocycles. The summed E-state index contributed by atoms with van der Waals surface area (Å²) in [5, 5.41) is 2.20. The van der Waals surface area contributed by atoms with Crippen molar-refractivity contribution in [1.29, 1.82) is 0 Å². The van der Waals surface area contributed by atoms with Gasteiger partial charge in [0.2, 0.25) is 0 Å². The normalized spacial score (nSPS) is 12.4. The maximum atomic E-state index is 11.4. The third-order valence-electron chi connectivity index (χ3n) is 2.26. The maximum absolute atomic E-state index is 11.4. The van der Waals surface area contributed by atoms with E-state index in [-0.39, 0.29) is 10.8 Å². The topological polar surface area (TPSA) is 26.3 Å². The molecular weight excluding hydrogens is 268 g/mol. The highest BCUT2D eigenvalue weighted by Gasteiger charge is 2.11. The Morgan fingerprint density at radius 3 is 2.56 bits per heavy atom. The number of fused-ring (bicyclic) bond motifs is 1. The molecule has 0 spiro atoms. The summed E-state index contributed by atoms with van der Waals surface area (Å²) in [4.78, 5) is 11.1. The molecule has 3 heteroatoms. The fourth-order valence-corrected chi connectivity index (χ4v) is 1.52. The molecule has 0 aliphatic carbocycles. The van der Waals surface area contributed by atoms with Gasteiger partial charge in [0, 0.05) is 0 Å². The summed E-state index contributed by atoms with van der Waals surface area (Å²) in [5.74, 6) is 0.297. The molecular formula is C13H11BrO2. The molecule has 16 heavy (non-hydrogen) atoms. The van der Waals surface area contributed by atoms with Gasteiger partial charge in [0.25, 0.3) is 0 Å². The average Bonchev–Trinajstić information content (AvgIpc) is 2.28. The molecule has 0 aliphatic rings. The summed E-state index contributed by atoms with van der Waals surface area (Å²) in [6, 6.07) is 13.6. The van der Waals surface area contributed by atoms with Crippen LogP contribution in [0.2, 0.25) is 0 Å². The van der Waals surface area contributed by atoms with E-state index >= 15 is 0 Å². The largest absolute Gasteiger partial charge is 0.426 e. The molecule has 82 valence electrons. The van der Waals surface area contributed by atoms with Crippen LogP contribution in [0, 0.1) is 0 Å². The minimum absolute atomic E-state index is 0.282. The minimum atomic E-state index is -0.293. The lowest BCUT2D eigenvalue weighted by Gasteiger charge is -2.06. The van der Waals surface area contributed by atoms with Crippen molar-refractivity contribution in [1.82, 2.24) is 0 Å². The second-order valence-electron chi connectivity index (χ2n) is 3.55. The molecule has 0 bridgehead atoms. The minimum Gasteiger partial charge on any atom is -0.426 e. The van der Waals surface area contributed by atoms with E-state index in [1.54, 1.807) is 13.0 Å². The number of rotatable bonds is 2. The SMILES string of the molecule is CC(Br)C(=O)Oc1ccc2ccccc2c1. The number of benzene rings is 2. The van der Waals surface area contributed by atoms with Crippen LogP contribution in [0.15, 0.2) is 42.5 Å². The van der Waals surface area contributed by atoms with Crippen LogP contribution in [-0.2, 0) is 4.79 Å². The molecule has 2 nitrogen and oxygen atoms in total. The van der Waals surface area contributed by atoms with Gasteiger partial charge in [-0.15, -0.1) is 0 Å². The zero-order valence-corrected chi connectivity index (χ0v) is 10.4. The zero-order valence-electron chi connectivity index (χ0n) is 8.81. The number of esters is 1. The Morgan fingerprint density at radius 1 is 1.19 bits per heavy atom. The monoisotopic (exact) mass is 278 g/mol. The van der Waals surface area contributed by atoms with Crippen LogP contribution in [-0.4, -0.2) is 10.8 Å². The molecule has 0 radical (unpaired) electrons. The Kier molecular flexibility index (Phi) is 3.25. The van der Waals surface area contributed by atoms with E-state index in [0.29, 0.717) is 5.75 Å². The lowest BCUT2D eigenvalue weighted by Crippen LogP contribution is -2.16. The van der Waals surface area contributed by atoms with Crippen molar-refractivity contribution in [3.8, 4) is 5.75 Å². The zero-order chi connectivity index (χ0) is 11.5. The molecule has 0 aromatic heterocycles. The molecule has 0 amide bonds. The average molecular weight is 279 g/mol. The number of carbonyl (C=O) groups is 1. The second-order valence-corrected chi connectivity index (χ2v) is 4.92. The molecule has 0 saturated carbocycles. The van der Waals surface area contributed by atoms with E-state index in [1.165, 1.54) is 0 Å². The molecule has 2 rings (SSSR count). The lowest BCUT2D eigenvalue weighted by atomic mass is 10.1. The van der Waals surface area contributed by atoms with Gasteiger partial charge in [-0.2, -0.15) is 0 Å². The first kappa shape index (κ1) is 11.1. The summed E-state index contributed by atoms with van der Waals surface area (Å²) in [7, 11) is 0. The summed E-state index contributed by atoms with van der Waals surface area (Å²) in [6.45, 7) is 1.74. The van der Waals surface area contributed by atoms with Crippen molar-refractivity contribution in [2.24, 2.45) is 0 Å². The standard InChI is InChI=1S/C13H11BrO2/c1-9(14)13(15)16-12-7-6-10-4-2-3-5-11(10)8-12/h2-9H,1H3. The van der Waals surface area contributed by atoms with Crippen LogP contribution in [0.25, 0.3) is 10.8 Å². The Morgan fingerprint density at radius 2 is 1.88 bits per heavy atom. The van der Waals surface area contributed by atoms with E-state index in [2.05, 4.69) is 15.9 Å². The van der Waals surface area contributed by atoms with Crippen molar-refractivity contribution < 1.29 is 9.53 Å². The summed E-state index contributed by atoms with van der Waals surface area (Å²) < 4.78 is 5.20. The molecule has 1 atom stereocenters. The predicted octanol–water partition coefficient (Wildman–Crippen LogP) is 3.53. The van der Waals surface area contributed by atoms with Crippen molar-refractivity contribution in [3.05, 3.63) is 42.5 Å². The van der Waals surface area contributed by atoms with Crippen LogP contribution in [0.1, 0.15) is 6.92 Å². The van der Waals surface area contributed by atoms with Gasteiger partial charge in [-0.3, -0.25) is 4.79 Å². The summed E-state index contributed by atoms with van der Waals surface area (Å²) >= 11 is 3.17. The smallest absolute Gasteiger partial charge is 0.324 e. The molecule has 2 aromatic rings. The van der Waals surface area contributed by atoms with Gasteiger partial charge in [0.1, 0.15) is 10.6 Å². The molecule has 2 aromatic carbocycles. The van der Waals surface area contributed by atoms with Crippen LogP contribution in [0.4, 0.5) is 0 Å². The number of ether oxygens (including phenoxy) is 1. The molecule has 0 aliphatic heterocycles. The van der Waals surface area contributed by atoms with E-state index in [4.69, 9.17) is 4.74 Å². The van der Waals surface area contributed by atoms with Gasteiger partial charge < -0.3 is 4.74 Å². The van der Waals surface area contributed by atoms with Crippen LogP contribution < -0.4 is 4.74 Å². The van der Waals surface area contributed by atoms with Crippen molar-refractivity contribution in [3.63, 3.8) is 0 Å². The summed E-state index contributed by atoms with van der Waals surface area (Å²) in [6.07, 6.45) is 0. The van der Waals surface area contributed by atoms with Crippen molar-refractivity contribution in [2.75, 3.05) is 0 Å². The Balaban J connectivity index is 2.29. The fraction of sp³-hybridized carbons (Fsp3) is 0.154. The quantitative estimate of drug-likeness (QED) is 0.477. The van der Waals surface area contributed by atoms with Crippen molar-refractivity contribution in [2.45, 2.75) is 11.8 Å². The van der Waals surface area contributed by atoms with Crippen LogP contribution in [0.5, 0.6) is 5.75 Å². The molecule has 1 unspecified atom stereocenters. The Hall–Kier alpha value is -1.35. The van der Waals surface area contributed by atoms with E-state index in [1.807, 2.05) is 36.4 Å². The Bertz CT molecular complexity index is 520. The highest BCUT2D eigenvalue weighted by atomic mass is 79.9. The lowest BCUT2D eigenvalue weighted by molar-refractivity contribution is -0.133. The predicted molar refractivity (Wildman–Crippen MR) is 68.0 cm³/mol. The first-order valence-corrected chi connectivity index (χ1v) is 5.93. The second kappa shape index (κ2) is 4.66. The van der Waals surface area contributed by atoms with Gasteiger partial charge in [-0.1, -0.05) is 46.3 Å². The molecule has 0 saturated heterocycles. The van der Waals surface area contributed by atoms with E-state index in [9.17, 15) is 4.79 Å². The van der Waals surface area contributed by atoms with Gasteiger partial charge in [0.15, 0.2) is 0 Å². The van der Waals surface area contributed by atoms with Gasteiger partial charge >= 0.3 is 5.97 Å². The molecule has 0 N–H and O–H groups in total. The van der Waals surface area contributed by atoms with E-state index < -0.39 is 0 Å². The highest BCUT2D eigenvalue weighted by molar-refractivity contribution is 9.10. The van der Waals surface area contributed by atoms with Crippen molar-refractivity contribution >= 4 is 32.7 Å². The number of alkyl halides is 1. The number of hydrogen-bond acceptors (Lipinski definition) is 2. The molecule has 0 fully saturated rings. The van der Waals surface area contributed by atoms with Crippen LogP contribution in [0.3, 0.4) is 0 Å². The first-order chi connectivity index (χ1) is 7.66. The van der Waals surface area contributed by atoms with Gasteiger partial charge in [-0.25, -0.2) is 0 Å². The third-order valence-corrected chi connectivity index (χ3v) is 2.64. The van der Waals surface area contributed by atoms with E-state index in [0.717, 1.165) is 10.8 Å². The third kappa shape index (κ3) is 2.42. The Labute approximate surface area is 102 Å². The number of halogens is 1. The number of hydrogen-bond donors (Lipinski definition) is 0. The van der Waals surface area contributed by atoms with Gasteiger partial charge in [-0.05, 0) is 29.8 Å². The first-order valence-electron chi connectivity index (χ1n) is 5.01. The maximum Gasteiger partial charge on any atom is 0.324 e. The van der Waals surface area contributed by atoms with Gasteiger partial charge in [0.05, 0.1) is 0 Å².